The van der Waals surface area contributed by atoms with E-state index in [-0.39, 0.29) is 23.8 Å². The number of urea groups is 1. The molecule has 1 saturated carbocycles. The molecule has 0 aromatic heterocycles. The second-order valence-electron chi connectivity index (χ2n) is 7.14. The summed E-state index contributed by atoms with van der Waals surface area (Å²) in [5, 5.41) is 8.42. The highest BCUT2D eigenvalue weighted by Crippen LogP contribution is 2.20. The van der Waals surface area contributed by atoms with Gasteiger partial charge in [0, 0.05) is 28.5 Å². The number of hydrogen-bond acceptors (Lipinski definition) is 3. The third kappa shape index (κ3) is 4.72. The normalized spacial score (nSPS) is 12.7. The Labute approximate surface area is 174 Å². The van der Waals surface area contributed by atoms with Gasteiger partial charge in [0.05, 0.1) is 5.56 Å². The topological polar surface area (TPSA) is 87.3 Å². The van der Waals surface area contributed by atoms with Crippen molar-refractivity contribution in [3.05, 3.63) is 95.6 Å². The van der Waals surface area contributed by atoms with E-state index in [4.69, 9.17) is 0 Å². The molecule has 150 valence electrons. The summed E-state index contributed by atoms with van der Waals surface area (Å²) in [7, 11) is 0. The molecule has 4 rings (SSSR count). The van der Waals surface area contributed by atoms with Crippen LogP contribution in [-0.4, -0.2) is 23.8 Å². The Morgan fingerprint density at radius 2 is 1.23 bits per heavy atom. The summed E-state index contributed by atoms with van der Waals surface area (Å²) in [5.41, 5.74) is 2.37. The van der Waals surface area contributed by atoms with Crippen LogP contribution in [0, 0.1) is 0 Å². The molecule has 30 heavy (non-hydrogen) atoms. The van der Waals surface area contributed by atoms with Crippen molar-refractivity contribution in [3.63, 3.8) is 0 Å². The van der Waals surface area contributed by atoms with Gasteiger partial charge in [0.15, 0.2) is 5.78 Å². The highest BCUT2D eigenvalue weighted by molar-refractivity contribution is 6.17. The summed E-state index contributed by atoms with van der Waals surface area (Å²) in [4.78, 5) is 37.4. The first kappa shape index (κ1) is 19.4. The number of anilines is 2. The number of rotatable bonds is 6. The number of carbonyl (C=O) groups is 3. The molecule has 0 saturated heterocycles. The van der Waals surface area contributed by atoms with E-state index in [1.165, 1.54) is 0 Å². The molecule has 6 nitrogen and oxygen atoms in total. The number of nitrogens with one attached hydrogen (secondary N) is 3. The lowest BCUT2D eigenvalue weighted by Gasteiger charge is -2.11. The van der Waals surface area contributed by atoms with Gasteiger partial charge in [-0.3, -0.25) is 9.59 Å². The third-order valence-corrected chi connectivity index (χ3v) is 4.77. The Kier molecular flexibility index (Phi) is 5.57. The van der Waals surface area contributed by atoms with Gasteiger partial charge in [0.2, 0.25) is 0 Å². The molecule has 0 atom stereocenters. The van der Waals surface area contributed by atoms with Crippen LogP contribution < -0.4 is 16.0 Å². The lowest BCUT2D eigenvalue weighted by Crippen LogP contribution is -2.30. The Hall–Kier alpha value is -3.93. The van der Waals surface area contributed by atoms with Crippen LogP contribution in [0.1, 0.15) is 39.1 Å². The fourth-order valence-corrected chi connectivity index (χ4v) is 3.04. The minimum absolute atomic E-state index is 0.206. The molecule has 0 aliphatic heterocycles. The number of carbonyl (C=O) groups excluding carboxylic acids is 3. The maximum atomic E-state index is 12.8. The van der Waals surface area contributed by atoms with E-state index < -0.39 is 0 Å². The largest absolute Gasteiger partial charge is 0.335 e. The zero-order valence-electron chi connectivity index (χ0n) is 16.2. The third-order valence-electron chi connectivity index (χ3n) is 4.77. The summed E-state index contributed by atoms with van der Waals surface area (Å²) < 4.78 is 0. The monoisotopic (exact) mass is 399 g/mol. The zero-order valence-corrected chi connectivity index (χ0v) is 16.2. The summed E-state index contributed by atoms with van der Waals surface area (Å²) in [5.74, 6) is -0.579. The quantitative estimate of drug-likeness (QED) is 0.535. The summed E-state index contributed by atoms with van der Waals surface area (Å²) >= 11 is 0. The Balaban J connectivity index is 1.45. The fourth-order valence-electron chi connectivity index (χ4n) is 3.04. The SMILES string of the molecule is O=C(Nc1ccc(NC(=O)c2ccccc2C(=O)c2ccccc2)cc1)NC1CC1. The molecule has 0 bridgehead atoms. The standard InChI is InChI=1S/C24H21N3O3/c28-22(16-6-2-1-3-7-16)20-8-4-5-9-21(20)23(29)25-17-10-12-18(13-11-17)26-24(30)27-19-14-15-19/h1-13,19H,14-15H2,(H,25,29)(H2,26,27,30). The van der Waals surface area contributed by atoms with Crippen LogP contribution >= 0.6 is 0 Å². The Morgan fingerprint density at radius 3 is 1.87 bits per heavy atom. The van der Waals surface area contributed by atoms with Crippen molar-refractivity contribution in [3.8, 4) is 0 Å². The summed E-state index contributed by atoms with van der Waals surface area (Å²) in [6, 6.07) is 22.5. The number of hydrogen-bond donors (Lipinski definition) is 3. The molecule has 0 spiro atoms. The fraction of sp³-hybridized carbons (Fsp3) is 0.125. The highest BCUT2D eigenvalue weighted by atomic mass is 16.2. The molecule has 0 unspecified atom stereocenters. The summed E-state index contributed by atoms with van der Waals surface area (Å²) in [6.07, 6.45) is 2.04. The van der Waals surface area contributed by atoms with Gasteiger partial charge in [-0.1, -0.05) is 48.5 Å². The van der Waals surface area contributed by atoms with Crippen molar-refractivity contribution < 1.29 is 14.4 Å². The van der Waals surface area contributed by atoms with E-state index in [1.54, 1.807) is 72.8 Å². The predicted molar refractivity (Wildman–Crippen MR) is 116 cm³/mol. The molecule has 3 aromatic rings. The molecule has 3 N–H and O–H groups in total. The van der Waals surface area contributed by atoms with Crippen molar-refractivity contribution in [2.75, 3.05) is 10.6 Å². The smallest absolute Gasteiger partial charge is 0.319 e. The van der Waals surface area contributed by atoms with Gasteiger partial charge in [0.25, 0.3) is 5.91 Å². The van der Waals surface area contributed by atoms with Crippen LogP contribution in [0.2, 0.25) is 0 Å². The molecular formula is C24H21N3O3. The number of ketones is 1. The van der Waals surface area contributed by atoms with Gasteiger partial charge in [-0.2, -0.15) is 0 Å². The first-order valence-electron chi connectivity index (χ1n) is 9.78. The molecule has 0 radical (unpaired) electrons. The van der Waals surface area contributed by atoms with Crippen molar-refractivity contribution >= 4 is 29.1 Å². The Morgan fingerprint density at radius 1 is 0.667 bits per heavy atom. The minimum atomic E-state index is -0.373. The van der Waals surface area contributed by atoms with Gasteiger partial charge in [-0.25, -0.2) is 4.79 Å². The second kappa shape index (κ2) is 8.61. The van der Waals surface area contributed by atoms with Gasteiger partial charge in [-0.15, -0.1) is 0 Å². The average Bonchev–Trinajstić information content (AvgIpc) is 3.59. The van der Waals surface area contributed by atoms with E-state index in [1.807, 2.05) is 6.07 Å². The van der Waals surface area contributed by atoms with E-state index in [0.717, 1.165) is 12.8 Å². The Bertz CT molecular complexity index is 1070. The first-order chi connectivity index (χ1) is 14.6. The van der Waals surface area contributed by atoms with Crippen LogP contribution in [0.5, 0.6) is 0 Å². The minimum Gasteiger partial charge on any atom is -0.335 e. The van der Waals surface area contributed by atoms with E-state index >= 15 is 0 Å². The van der Waals surface area contributed by atoms with Gasteiger partial charge < -0.3 is 16.0 Å². The van der Waals surface area contributed by atoms with Crippen LogP contribution in [0.15, 0.2) is 78.9 Å². The maximum absolute atomic E-state index is 12.8. The van der Waals surface area contributed by atoms with E-state index in [2.05, 4.69) is 16.0 Å². The van der Waals surface area contributed by atoms with Crippen LogP contribution in [-0.2, 0) is 0 Å². The molecular weight excluding hydrogens is 378 g/mol. The summed E-state index contributed by atoms with van der Waals surface area (Å²) in [6.45, 7) is 0. The van der Waals surface area contributed by atoms with Crippen LogP contribution in [0.4, 0.5) is 16.2 Å². The van der Waals surface area contributed by atoms with Crippen molar-refractivity contribution in [1.82, 2.24) is 5.32 Å². The zero-order chi connectivity index (χ0) is 20.9. The van der Waals surface area contributed by atoms with Crippen molar-refractivity contribution in [2.45, 2.75) is 18.9 Å². The second-order valence-corrected chi connectivity index (χ2v) is 7.14. The van der Waals surface area contributed by atoms with Crippen molar-refractivity contribution in [1.29, 1.82) is 0 Å². The van der Waals surface area contributed by atoms with Gasteiger partial charge in [0.1, 0.15) is 0 Å². The van der Waals surface area contributed by atoms with Crippen molar-refractivity contribution in [2.24, 2.45) is 0 Å². The first-order valence-corrected chi connectivity index (χ1v) is 9.78. The predicted octanol–water partition coefficient (Wildman–Crippen LogP) is 4.45. The van der Waals surface area contributed by atoms with E-state index in [0.29, 0.717) is 28.1 Å². The van der Waals surface area contributed by atoms with Crippen LogP contribution in [0.25, 0.3) is 0 Å². The molecule has 1 fully saturated rings. The maximum Gasteiger partial charge on any atom is 0.319 e. The lowest BCUT2D eigenvalue weighted by molar-refractivity contribution is 0.0996. The molecule has 3 amide bonds. The lowest BCUT2D eigenvalue weighted by atomic mass is 9.98. The molecule has 0 heterocycles. The highest BCUT2D eigenvalue weighted by Gasteiger charge is 2.23. The molecule has 3 aromatic carbocycles. The molecule has 6 heteroatoms. The molecule has 1 aliphatic rings. The molecule has 1 aliphatic carbocycles. The van der Waals surface area contributed by atoms with E-state index in [9.17, 15) is 14.4 Å². The van der Waals surface area contributed by atoms with Gasteiger partial charge in [-0.05, 0) is 43.2 Å². The number of benzene rings is 3. The number of amides is 3. The van der Waals surface area contributed by atoms with Gasteiger partial charge >= 0.3 is 6.03 Å². The average molecular weight is 399 g/mol. The van der Waals surface area contributed by atoms with Crippen LogP contribution in [0.3, 0.4) is 0 Å².